The van der Waals surface area contributed by atoms with Crippen LogP contribution in [-0.2, 0) is 4.79 Å². The second-order valence-electron chi connectivity index (χ2n) is 9.37. The van der Waals surface area contributed by atoms with Crippen molar-refractivity contribution in [3.05, 3.63) is 63.9 Å². The number of nitrogens with zero attached hydrogens (tertiary/aromatic N) is 1. The molecule has 3 atom stereocenters. The number of halogens is 3. The van der Waals surface area contributed by atoms with Gasteiger partial charge < -0.3 is 20.9 Å². The van der Waals surface area contributed by atoms with Gasteiger partial charge in [0, 0.05) is 37.3 Å². The van der Waals surface area contributed by atoms with Gasteiger partial charge in [0.2, 0.25) is 5.91 Å². The third kappa shape index (κ3) is 7.56. The van der Waals surface area contributed by atoms with Gasteiger partial charge in [-0.1, -0.05) is 41.8 Å². The Kier molecular flexibility index (Phi) is 8.87. The minimum atomic E-state index is -0.380. The molecule has 6 nitrogen and oxygen atoms in total. The Bertz CT molecular complexity index is 1050. The van der Waals surface area contributed by atoms with E-state index in [-0.39, 0.29) is 35.6 Å². The molecule has 2 fully saturated rings. The van der Waals surface area contributed by atoms with E-state index in [2.05, 4.69) is 20.9 Å². The molecule has 3 amide bonds. The van der Waals surface area contributed by atoms with Crippen LogP contribution in [-0.4, -0.2) is 49.1 Å². The topological polar surface area (TPSA) is 73.5 Å². The number of benzene rings is 2. The smallest absolute Gasteiger partial charge is 0.319 e. The molecule has 2 aromatic rings. The molecule has 2 aliphatic rings. The first-order chi connectivity index (χ1) is 16.9. The molecule has 1 aliphatic carbocycles. The summed E-state index contributed by atoms with van der Waals surface area (Å²) >= 11 is 12.1. The van der Waals surface area contributed by atoms with Crippen LogP contribution < -0.4 is 16.0 Å². The van der Waals surface area contributed by atoms with Crippen LogP contribution in [0.5, 0.6) is 0 Å². The van der Waals surface area contributed by atoms with Crippen LogP contribution >= 0.6 is 23.2 Å². The quantitative estimate of drug-likeness (QED) is 0.366. The molecular formula is C26H31Cl2FN4O2. The highest BCUT2D eigenvalue weighted by molar-refractivity contribution is 6.42. The Balaban J connectivity index is 1.04. The number of amides is 3. The Morgan fingerprint density at radius 3 is 2.71 bits per heavy atom. The Hall–Kier alpha value is -2.35. The number of hydrogen-bond donors (Lipinski definition) is 3. The number of unbranched alkanes of at least 4 members (excludes halogenated alkanes) is 2. The second-order valence-corrected chi connectivity index (χ2v) is 10.2. The summed E-state index contributed by atoms with van der Waals surface area (Å²) in [6, 6.07) is 11.2. The molecule has 1 saturated heterocycles. The maximum atomic E-state index is 13.2. The Morgan fingerprint density at radius 2 is 1.91 bits per heavy atom. The zero-order valence-electron chi connectivity index (χ0n) is 19.5. The predicted octanol–water partition coefficient (Wildman–Crippen LogP) is 5.42. The van der Waals surface area contributed by atoms with Crippen LogP contribution in [0.25, 0.3) is 0 Å². The van der Waals surface area contributed by atoms with Gasteiger partial charge in [-0.2, -0.15) is 0 Å². The molecule has 2 aromatic carbocycles. The number of carbonyl (C=O) groups is 2. The van der Waals surface area contributed by atoms with Gasteiger partial charge in [0.1, 0.15) is 5.82 Å². The average molecular weight is 521 g/mol. The summed E-state index contributed by atoms with van der Waals surface area (Å²) in [7, 11) is 0. The van der Waals surface area contributed by atoms with Crippen molar-refractivity contribution in [3.63, 3.8) is 0 Å². The van der Waals surface area contributed by atoms with Crippen LogP contribution in [0.15, 0.2) is 42.5 Å². The van der Waals surface area contributed by atoms with Crippen LogP contribution in [0.1, 0.15) is 43.6 Å². The summed E-state index contributed by atoms with van der Waals surface area (Å²) in [6.45, 7) is 3.41. The number of urea groups is 1. The summed E-state index contributed by atoms with van der Waals surface area (Å²) in [5.41, 5.74) is 1.51. The van der Waals surface area contributed by atoms with Crippen LogP contribution in [0, 0.1) is 11.7 Å². The van der Waals surface area contributed by atoms with E-state index < -0.39 is 0 Å². The molecule has 1 saturated carbocycles. The predicted molar refractivity (Wildman–Crippen MR) is 138 cm³/mol. The van der Waals surface area contributed by atoms with E-state index in [1.165, 1.54) is 12.1 Å². The summed E-state index contributed by atoms with van der Waals surface area (Å²) in [6.07, 6.45) is 4.78. The van der Waals surface area contributed by atoms with Gasteiger partial charge in [-0.05, 0) is 74.0 Å². The fourth-order valence-corrected chi connectivity index (χ4v) is 4.95. The van der Waals surface area contributed by atoms with Crippen molar-refractivity contribution in [1.29, 1.82) is 0 Å². The van der Waals surface area contributed by atoms with Crippen LogP contribution in [0.4, 0.5) is 14.9 Å². The molecule has 1 aliphatic heterocycles. The monoisotopic (exact) mass is 520 g/mol. The maximum absolute atomic E-state index is 13.2. The number of carbonyl (C=O) groups excluding carboxylic acids is 2. The van der Waals surface area contributed by atoms with E-state index in [1.807, 2.05) is 12.1 Å². The van der Waals surface area contributed by atoms with Gasteiger partial charge in [0.25, 0.3) is 0 Å². The third-order valence-corrected chi connectivity index (χ3v) is 7.38. The first kappa shape index (κ1) is 25.7. The Morgan fingerprint density at radius 1 is 1.06 bits per heavy atom. The lowest BCUT2D eigenvalue weighted by Gasteiger charge is -2.17. The molecule has 0 radical (unpaired) electrons. The molecule has 0 spiro atoms. The average Bonchev–Trinajstić information content (AvgIpc) is 3.51. The first-order valence-electron chi connectivity index (χ1n) is 12.2. The summed E-state index contributed by atoms with van der Waals surface area (Å²) in [5, 5.41) is 9.76. The SMILES string of the molecule is O=C(Nc1cccc(F)c1)N[C@H]1CCN(CCCCCNC(=O)[C@@H]2C[C@H]2c2ccc(Cl)c(Cl)c2)C1. The van der Waals surface area contributed by atoms with Crippen molar-refractivity contribution in [2.24, 2.45) is 5.92 Å². The molecule has 3 N–H and O–H groups in total. The molecule has 188 valence electrons. The van der Waals surface area contributed by atoms with E-state index in [4.69, 9.17) is 23.2 Å². The lowest BCUT2D eigenvalue weighted by Crippen LogP contribution is -2.39. The molecule has 0 unspecified atom stereocenters. The highest BCUT2D eigenvalue weighted by atomic mass is 35.5. The lowest BCUT2D eigenvalue weighted by molar-refractivity contribution is -0.122. The van der Waals surface area contributed by atoms with Gasteiger partial charge >= 0.3 is 6.03 Å². The van der Waals surface area contributed by atoms with Crippen molar-refractivity contribution in [1.82, 2.24) is 15.5 Å². The first-order valence-corrected chi connectivity index (χ1v) is 12.9. The minimum absolute atomic E-state index is 0.0272. The third-order valence-electron chi connectivity index (χ3n) is 6.64. The van der Waals surface area contributed by atoms with E-state index >= 15 is 0 Å². The molecule has 4 rings (SSSR count). The summed E-state index contributed by atoms with van der Waals surface area (Å²) < 4.78 is 13.2. The van der Waals surface area contributed by atoms with Gasteiger partial charge in [-0.25, -0.2) is 9.18 Å². The highest BCUT2D eigenvalue weighted by Gasteiger charge is 2.43. The van der Waals surface area contributed by atoms with E-state index in [1.54, 1.807) is 18.2 Å². The van der Waals surface area contributed by atoms with E-state index in [0.29, 0.717) is 22.3 Å². The van der Waals surface area contributed by atoms with Crippen molar-refractivity contribution < 1.29 is 14.0 Å². The second kappa shape index (κ2) is 12.1. The molecular weight excluding hydrogens is 490 g/mol. The lowest BCUT2D eigenvalue weighted by atomic mass is 10.1. The molecule has 9 heteroatoms. The molecule has 0 bridgehead atoms. The molecule has 0 aromatic heterocycles. The zero-order valence-corrected chi connectivity index (χ0v) is 21.0. The number of nitrogens with one attached hydrogen (secondary N) is 3. The maximum Gasteiger partial charge on any atom is 0.319 e. The largest absolute Gasteiger partial charge is 0.356 e. The van der Waals surface area contributed by atoms with Crippen molar-refractivity contribution >= 4 is 40.8 Å². The number of anilines is 1. The number of likely N-dealkylation sites (tertiary alicyclic amines) is 1. The van der Waals surface area contributed by atoms with E-state index in [0.717, 1.165) is 57.3 Å². The van der Waals surface area contributed by atoms with Crippen molar-refractivity contribution in [3.8, 4) is 0 Å². The van der Waals surface area contributed by atoms with Gasteiger partial charge in [-0.3, -0.25) is 4.79 Å². The highest BCUT2D eigenvalue weighted by Crippen LogP contribution is 2.48. The standard InChI is InChI=1S/C26H31Cl2FN4O2/c27-23-8-7-17(13-24(23)28)21-15-22(21)25(34)30-10-2-1-3-11-33-12-9-20(16-33)32-26(35)31-19-6-4-5-18(29)14-19/h4-8,13-14,20-22H,1-3,9-12,15-16H2,(H,30,34)(H2,31,32,35)/t20-,21-,22+/m0/s1. The van der Waals surface area contributed by atoms with Crippen molar-refractivity contribution in [2.45, 2.75) is 44.1 Å². The number of rotatable bonds is 10. The van der Waals surface area contributed by atoms with Crippen molar-refractivity contribution in [2.75, 3.05) is 31.5 Å². The molecule has 1 heterocycles. The summed E-state index contributed by atoms with van der Waals surface area (Å²) in [5.74, 6) is -0.00249. The zero-order chi connectivity index (χ0) is 24.8. The van der Waals surface area contributed by atoms with Crippen LogP contribution in [0.2, 0.25) is 10.0 Å². The number of hydrogen-bond acceptors (Lipinski definition) is 3. The van der Waals surface area contributed by atoms with Crippen LogP contribution in [0.3, 0.4) is 0 Å². The van der Waals surface area contributed by atoms with Gasteiger partial charge in [0.05, 0.1) is 10.0 Å². The van der Waals surface area contributed by atoms with Gasteiger partial charge in [0.15, 0.2) is 0 Å². The normalized spacial score (nSPS) is 21.5. The van der Waals surface area contributed by atoms with E-state index in [9.17, 15) is 14.0 Å². The fraction of sp³-hybridized carbons (Fsp3) is 0.462. The van der Waals surface area contributed by atoms with Gasteiger partial charge in [-0.15, -0.1) is 0 Å². The fourth-order valence-electron chi connectivity index (χ4n) is 4.65. The summed E-state index contributed by atoms with van der Waals surface area (Å²) in [4.78, 5) is 26.9. The Labute approximate surface area is 215 Å². The minimum Gasteiger partial charge on any atom is -0.356 e. The molecule has 35 heavy (non-hydrogen) atoms.